The lowest BCUT2D eigenvalue weighted by atomic mass is 10.1. The molecule has 4 N–H and O–H groups in total. The van der Waals surface area contributed by atoms with Gasteiger partial charge < -0.3 is 16.2 Å². The van der Waals surface area contributed by atoms with Crippen LogP contribution in [0.3, 0.4) is 0 Å². The van der Waals surface area contributed by atoms with Crippen molar-refractivity contribution in [2.24, 2.45) is 5.73 Å². The summed E-state index contributed by atoms with van der Waals surface area (Å²) < 4.78 is 0. The van der Waals surface area contributed by atoms with Crippen LogP contribution in [0.5, 0.6) is 0 Å². The molecule has 0 aromatic rings. The van der Waals surface area contributed by atoms with Gasteiger partial charge in [-0.1, -0.05) is 0 Å². The summed E-state index contributed by atoms with van der Waals surface area (Å²) >= 11 is 0. The Balaban J connectivity index is 3.46. The van der Waals surface area contributed by atoms with Gasteiger partial charge in [-0.15, -0.1) is 0 Å². The molecule has 60 valence electrons. The van der Waals surface area contributed by atoms with Crippen molar-refractivity contribution in [1.29, 1.82) is 0 Å². The van der Waals surface area contributed by atoms with Crippen LogP contribution in [0.15, 0.2) is 0 Å². The third-order valence-electron chi connectivity index (χ3n) is 0.904. The summed E-state index contributed by atoms with van der Waals surface area (Å²) in [5.74, 6) is -0.248. The number of rotatable bonds is 3. The molecule has 0 saturated carbocycles. The van der Waals surface area contributed by atoms with Crippen molar-refractivity contribution in [3.63, 3.8) is 0 Å². The van der Waals surface area contributed by atoms with Gasteiger partial charge in [0.1, 0.15) is 0 Å². The summed E-state index contributed by atoms with van der Waals surface area (Å²) in [6, 6.07) is 0. The topological polar surface area (TPSA) is 75.3 Å². The highest BCUT2D eigenvalue weighted by Gasteiger charge is 2.12. The lowest BCUT2D eigenvalue weighted by Crippen LogP contribution is -2.40. The molecule has 0 spiro atoms. The summed E-state index contributed by atoms with van der Waals surface area (Å²) in [7, 11) is 0. The zero-order chi connectivity index (χ0) is 8.20. The third kappa shape index (κ3) is 5.53. The summed E-state index contributed by atoms with van der Waals surface area (Å²) in [4.78, 5) is 10.5. The Hall–Kier alpha value is -0.610. The Morgan fingerprint density at radius 1 is 1.70 bits per heavy atom. The molecule has 0 rings (SSSR count). The second-order valence-corrected chi connectivity index (χ2v) is 2.79. The van der Waals surface area contributed by atoms with E-state index in [0.29, 0.717) is 0 Å². The number of carbonyl (C=O) groups is 1. The molecule has 4 heteroatoms. The second-order valence-electron chi connectivity index (χ2n) is 2.79. The van der Waals surface area contributed by atoms with Crippen molar-refractivity contribution in [3.8, 4) is 0 Å². The molecule has 1 amide bonds. The summed E-state index contributed by atoms with van der Waals surface area (Å²) in [6.07, 6.45) is 0. The van der Waals surface area contributed by atoms with Crippen molar-refractivity contribution >= 4 is 5.91 Å². The quantitative estimate of drug-likeness (QED) is 0.469. The van der Waals surface area contributed by atoms with E-state index < -0.39 is 5.60 Å². The third-order valence-corrected chi connectivity index (χ3v) is 0.904. The fourth-order valence-electron chi connectivity index (χ4n) is 0.387. The van der Waals surface area contributed by atoms with Gasteiger partial charge in [0.05, 0.1) is 12.1 Å². The minimum atomic E-state index is -0.856. The highest BCUT2D eigenvalue weighted by Crippen LogP contribution is 1.96. The van der Waals surface area contributed by atoms with Crippen LogP contribution >= 0.6 is 0 Å². The first-order chi connectivity index (χ1) is 4.45. The molecule has 0 fully saturated rings. The van der Waals surface area contributed by atoms with Crippen LogP contribution in [-0.4, -0.2) is 29.7 Å². The molecule has 0 radical (unpaired) electrons. The first-order valence-electron chi connectivity index (χ1n) is 3.15. The average molecular weight is 146 g/mol. The number of aliphatic hydroxyl groups is 1. The summed E-state index contributed by atoms with van der Waals surface area (Å²) in [6.45, 7) is 3.44. The number of nitrogens with one attached hydrogen (secondary N) is 1. The van der Waals surface area contributed by atoms with Gasteiger partial charge in [-0.25, -0.2) is 0 Å². The van der Waals surface area contributed by atoms with E-state index in [4.69, 9.17) is 10.8 Å². The van der Waals surface area contributed by atoms with Crippen molar-refractivity contribution in [2.45, 2.75) is 19.4 Å². The van der Waals surface area contributed by atoms with Crippen LogP contribution < -0.4 is 11.1 Å². The highest BCUT2D eigenvalue weighted by atomic mass is 16.3. The van der Waals surface area contributed by atoms with E-state index in [0.717, 1.165) is 0 Å². The predicted molar refractivity (Wildman–Crippen MR) is 38.4 cm³/mol. The number of nitrogens with two attached hydrogens (primary N) is 1. The van der Waals surface area contributed by atoms with E-state index in [1.165, 1.54) is 0 Å². The average Bonchev–Trinajstić information content (AvgIpc) is 1.81. The largest absolute Gasteiger partial charge is 0.389 e. The van der Waals surface area contributed by atoms with Crippen molar-refractivity contribution < 1.29 is 9.90 Å². The number of carbonyl (C=O) groups excluding carboxylic acids is 1. The summed E-state index contributed by atoms with van der Waals surface area (Å²) in [5.41, 5.74) is 4.15. The Labute approximate surface area is 60.4 Å². The van der Waals surface area contributed by atoms with E-state index in [-0.39, 0.29) is 19.0 Å². The van der Waals surface area contributed by atoms with E-state index in [1.54, 1.807) is 13.8 Å². The Kier molecular flexibility index (Phi) is 3.32. The first-order valence-corrected chi connectivity index (χ1v) is 3.15. The van der Waals surface area contributed by atoms with Gasteiger partial charge in [-0.05, 0) is 13.8 Å². The number of hydrogen-bond donors (Lipinski definition) is 3. The van der Waals surface area contributed by atoms with Crippen LogP contribution in [0.2, 0.25) is 0 Å². The molecule has 4 nitrogen and oxygen atoms in total. The van der Waals surface area contributed by atoms with Crippen LogP contribution in [0.1, 0.15) is 13.8 Å². The molecule has 0 atom stereocenters. The van der Waals surface area contributed by atoms with Gasteiger partial charge in [0, 0.05) is 6.54 Å². The standard InChI is InChI=1S/C6H14N2O2/c1-6(2,10)4-8-5(9)3-7/h10H,3-4,7H2,1-2H3,(H,8,9). The molecule has 0 aliphatic rings. The second kappa shape index (κ2) is 3.53. The maximum Gasteiger partial charge on any atom is 0.233 e. The van der Waals surface area contributed by atoms with Crippen LogP contribution in [0.4, 0.5) is 0 Å². The van der Waals surface area contributed by atoms with Gasteiger partial charge in [0.25, 0.3) is 0 Å². The number of hydrogen-bond acceptors (Lipinski definition) is 3. The lowest BCUT2D eigenvalue weighted by molar-refractivity contribution is -0.120. The molecule has 0 aromatic heterocycles. The molecule has 0 unspecified atom stereocenters. The molecule has 0 heterocycles. The maximum absolute atomic E-state index is 10.5. The first kappa shape index (κ1) is 9.39. The zero-order valence-corrected chi connectivity index (χ0v) is 6.35. The molecule has 10 heavy (non-hydrogen) atoms. The van der Waals surface area contributed by atoms with Gasteiger partial charge >= 0.3 is 0 Å². The smallest absolute Gasteiger partial charge is 0.233 e. The van der Waals surface area contributed by atoms with Gasteiger partial charge in [0.2, 0.25) is 5.91 Å². The minimum absolute atomic E-state index is 0.0317. The Morgan fingerprint density at radius 2 is 2.20 bits per heavy atom. The van der Waals surface area contributed by atoms with Crippen LogP contribution in [0.25, 0.3) is 0 Å². The van der Waals surface area contributed by atoms with E-state index in [2.05, 4.69) is 5.32 Å². The van der Waals surface area contributed by atoms with Gasteiger partial charge in [-0.3, -0.25) is 4.79 Å². The fourth-order valence-corrected chi connectivity index (χ4v) is 0.387. The lowest BCUT2D eigenvalue weighted by Gasteiger charge is -2.16. The van der Waals surface area contributed by atoms with Crippen molar-refractivity contribution in [2.75, 3.05) is 13.1 Å². The van der Waals surface area contributed by atoms with E-state index in [9.17, 15) is 4.79 Å². The van der Waals surface area contributed by atoms with E-state index in [1.807, 2.05) is 0 Å². The molecule has 0 aliphatic carbocycles. The van der Waals surface area contributed by atoms with Crippen molar-refractivity contribution in [1.82, 2.24) is 5.32 Å². The Bertz CT molecular complexity index is 117. The SMILES string of the molecule is CC(C)(O)CNC(=O)CN. The predicted octanol–water partition coefficient (Wildman–Crippen LogP) is -1.17. The maximum atomic E-state index is 10.5. The normalized spacial score (nSPS) is 11.2. The van der Waals surface area contributed by atoms with E-state index >= 15 is 0 Å². The monoisotopic (exact) mass is 146 g/mol. The Morgan fingerprint density at radius 3 is 2.50 bits per heavy atom. The number of amides is 1. The summed E-state index contributed by atoms with van der Waals surface area (Å²) in [5, 5.41) is 11.6. The zero-order valence-electron chi connectivity index (χ0n) is 6.35. The molecule has 0 aliphatic heterocycles. The molecule has 0 aromatic carbocycles. The van der Waals surface area contributed by atoms with Crippen LogP contribution in [0, 0.1) is 0 Å². The van der Waals surface area contributed by atoms with Crippen molar-refractivity contribution in [3.05, 3.63) is 0 Å². The molecule has 0 bridgehead atoms. The molecular weight excluding hydrogens is 132 g/mol. The van der Waals surface area contributed by atoms with Crippen LogP contribution in [-0.2, 0) is 4.79 Å². The van der Waals surface area contributed by atoms with Gasteiger partial charge in [-0.2, -0.15) is 0 Å². The molecular formula is C6H14N2O2. The fraction of sp³-hybridized carbons (Fsp3) is 0.833. The van der Waals surface area contributed by atoms with Gasteiger partial charge in [0.15, 0.2) is 0 Å². The minimum Gasteiger partial charge on any atom is -0.389 e. The molecule has 0 saturated heterocycles. The highest BCUT2D eigenvalue weighted by molar-refractivity contribution is 5.77.